The number of carbonyl (C=O) groups excluding carboxylic acids is 1. The van der Waals surface area contributed by atoms with Gasteiger partial charge in [-0.05, 0) is 37.3 Å². The van der Waals surface area contributed by atoms with E-state index in [0.29, 0.717) is 23.5 Å². The van der Waals surface area contributed by atoms with Crippen molar-refractivity contribution in [2.75, 3.05) is 11.9 Å². The number of aromatic hydroxyl groups is 1. The molecule has 3 rings (SSSR count). The van der Waals surface area contributed by atoms with Gasteiger partial charge in [-0.1, -0.05) is 12.1 Å². The van der Waals surface area contributed by atoms with Crippen molar-refractivity contribution in [3.05, 3.63) is 53.6 Å². The molecule has 1 heterocycles. The molecule has 0 saturated heterocycles. The number of nitrogens with one attached hydrogen (secondary N) is 2. The van der Waals surface area contributed by atoms with E-state index in [4.69, 9.17) is 4.74 Å². The molecule has 0 bridgehead atoms. The molecule has 2 aromatic carbocycles. The molecule has 2 aromatic rings. The van der Waals surface area contributed by atoms with Crippen LogP contribution in [0.4, 0.5) is 5.69 Å². The van der Waals surface area contributed by atoms with Gasteiger partial charge in [-0.3, -0.25) is 4.79 Å². The van der Waals surface area contributed by atoms with Gasteiger partial charge in [0.1, 0.15) is 17.7 Å². The number of hydrogen-bond acceptors (Lipinski definition) is 4. The number of phenolic OH excluding ortho intramolecular Hbond substituents is 1. The average Bonchev–Trinajstić information content (AvgIpc) is 2.49. The molecular formula is C16H16N2O3. The van der Waals surface area contributed by atoms with E-state index in [1.165, 1.54) is 0 Å². The highest BCUT2D eigenvalue weighted by molar-refractivity contribution is 6.01. The zero-order chi connectivity index (χ0) is 14.8. The molecule has 0 aromatic heterocycles. The molecule has 108 valence electrons. The van der Waals surface area contributed by atoms with Crippen LogP contribution in [-0.2, 0) is 0 Å². The van der Waals surface area contributed by atoms with E-state index in [9.17, 15) is 9.90 Å². The lowest BCUT2D eigenvalue weighted by molar-refractivity contribution is 0.0935. The Morgan fingerprint density at radius 2 is 2.00 bits per heavy atom. The van der Waals surface area contributed by atoms with E-state index in [-0.39, 0.29) is 11.7 Å². The highest BCUT2D eigenvalue weighted by Crippen LogP contribution is 2.32. The predicted molar refractivity (Wildman–Crippen MR) is 79.5 cm³/mol. The van der Waals surface area contributed by atoms with E-state index in [0.717, 1.165) is 5.69 Å². The third kappa shape index (κ3) is 2.50. The van der Waals surface area contributed by atoms with Crippen LogP contribution in [0.5, 0.6) is 11.5 Å². The maximum atomic E-state index is 12.1. The van der Waals surface area contributed by atoms with Crippen LogP contribution in [0.25, 0.3) is 0 Å². The van der Waals surface area contributed by atoms with Gasteiger partial charge in [-0.25, -0.2) is 0 Å². The number of carbonyl (C=O) groups is 1. The Hall–Kier alpha value is -2.69. The van der Waals surface area contributed by atoms with E-state index in [1.807, 2.05) is 25.1 Å². The molecule has 21 heavy (non-hydrogen) atoms. The summed E-state index contributed by atoms with van der Waals surface area (Å²) in [5.74, 6) is 0.589. The van der Waals surface area contributed by atoms with Crippen molar-refractivity contribution in [2.24, 2.45) is 0 Å². The maximum Gasteiger partial charge on any atom is 0.255 e. The number of phenols is 1. The molecule has 5 heteroatoms. The second kappa shape index (κ2) is 5.36. The molecule has 0 radical (unpaired) electrons. The molecule has 1 unspecified atom stereocenters. The van der Waals surface area contributed by atoms with Crippen LogP contribution < -0.4 is 15.4 Å². The molecule has 0 fully saturated rings. The Bertz CT molecular complexity index is 685. The number of amides is 1. The molecule has 1 amide bonds. The first-order valence-corrected chi connectivity index (χ1v) is 6.81. The van der Waals surface area contributed by atoms with E-state index in [2.05, 4.69) is 10.6 Å². The minimum atomic E-state index is -0.493. The first kappa shape index (κ1) is 13.3. The van der Waals surface area contributed by atoms with Gasteiger partial charge >= 0.3 is 0 Å². The fraction of sp³-hybridized carbons (Fsp3) is 0.188. The summed E-state index contributed by atoms with van der Waals surface area (Å²) in [4.78, 5) is 12.1. The van der Waals surface area contributed by atoms with Crippen molar-refractivity contribution in [2.45, 2.75) is 13.1 Å². The Morgan fingerprint density at radius 3 is 2.81 bits per heavy atom. The summed E-state index contributed by atoms with van der Waals surface area (Å²) in [6.45, 7) is 2.43. The van der Waals surface area contributed by atoms with Crippen LogP contribution in [0.2, 0.25) is 0 Å². The van der Waals surface area contributed by atoms with Crippen LogP contribution in [0.15, 0.2) is 42.5 Å². The van der Waals surface area contributed by atoms with Gasteiger partial charge in [0, 0.05) is 11.3 Å². The molecule has 1 aliphatic rings. The summed E-state index contributed by atoms with van der Waals surface area (Å²) in [7, 11) is 0. The average molecular weight is 284 g/mol. The first-order chi connectivity index (χ1) is 10.2. The Kier molecular flexibility index (Phi) is 3.39. The van der Waals surface area contributed by atoms with Gasteiger partial charge in [-0.2, -0.15) is 0 Å². The van der Waals surface area contributed by atoms with Crippen molar-refractivity contribution < 1.29 is 14.6 Å². The predicted octanol–water partition coefficient (Wildman–Crippen LogP) is 2.65. The largest absolute Gasteiger partial charge is 0.508 e. The molecular weight excluding hydrogens is 268 g/mol. The molecule has 1 aliphatic heterocycles. The fourth-order valence-electron chi connectivity index (χ4n) is 2.38. The maximum absolute atomic E-state index is 12.1. The van der Waals surface area contributed by atoms with E-state index < -0.39 is 6.17 Å². The normalized spacial score (nSPS) is 16.6. The lowest BCUT2D eigenvalue weighted by Gasteiger charge is -2.28. The molecule has 1 atom stereocenters. The first-order valence-electron chi connectivity index (χ1n) is 6.81. The lowest BCUT2D eigenvalue weighted by Crippen LogP contribution is -2.38. The highest BCUT2D eigenvalue weighted by atomic mass is 16.5. The van der Waals surface area contributed by atoms with Crippen molar-refractivity contribution in [1.82, 2.24) is 5.32 Å². The number of rotatable bonds is 3. The quantitative estimate of drug-likeness (QED) is 0.810. The number of fused-ring (bicyclic) bond motifs is 1. The Morgan fingerprint density at radius 1 is 1.19 bits per heavy atom. The number of hydrogen-bond donors (Lipinski definition) is 3. The number of benzene rings is 2. The second-order valence-electron chi connectivity index (χ2n) is 4.75. The standard InChI is InChI=1S/C16H16N2O3/c1-2-21-10-7-8-14(19)12(9-10)15-17-13-6-4-3-5-11(13)16(20)18-15/h3-9,15,17,19H,2H2,1H3,(H,18,20). The number of anilines is 1. The summed E-state index contributed by atoms with van der Waals surface area (Å²) in [5, 5.41) is 16.1. The van der Waals surface area contributed by atoms with Crippen molar-refractivity contribution in [1.29, 1.82) is 0 Å². The van der Waals surface area contributed by atoms with Gasteiger partial charge in [-0.15, -0.1) is 0 Å². The van der Waals surface area contributed by atoms with Gasteiger partial charge in [0.05, 0.1) is 12.2 Å². The topological polar surface area (TPSA) is 70.6 Å². The van der Waals surface area contributed by atoms with Crippen LogP contribution >= 0.6 is 0 Å². The summed E-state index contributed by atoms with van der Waals surface area (Å²) in [5.41, 5.74) is 1.91. The Labute approximate surface area is 122 Å². The van der Waals surface area contributed by atoms with Crippen LogP contribution in [-0.4, -0.2) is 17.6 Å². The smallest absolute Gasteiger partial charge is 0.255 e. The van der Waals surface area contributed by atoms with Gasteiger partial charge in [0.25, 0.3) is 5.91 Å². The molecule has 3 N–H and O–H groups in total. The fourth-order valence-corrected chi connectivity index (χ4v) is 2.38. The van der Waals surface area contributed by atoms with Gasteiger partial charge in [0.15, 0.2) is 0 Å². The van der Waals surface area contributed by atoms with Crippen LogP contribution in [0.3, 0.4) is 0 Å². The van der Waals surface area contributed by atoms with Crippen molar-refractivity contribution in [3.8, 4) is 11.5 Å². The SMILES string of the molecule is CCOc1ccc(O)c(C2NC(=O)c3ccccc3N2)c1. The lowest BCUT2D eigenvalue weighted by atomic mass is 10.0. The van der Waals surface area contributed by atoms with Gasteiger partial charge < -0.3 is 20.5 Å². The summed E-state index contributed by atoms with van der Waals surface area (Å²) in [6.07, 6.45) is -0.493. The molecule has 0 aliphatic carbocycles. The minimum absolute atomic E-state index is 0.107. The zero-order valence-corrected chi connectivity index (χ0v) is 11.6. The summed E-state index contributed by atoms with van der Waals surface area (Å²) >= 11 is 0. The van der Waals surface area contributed by atoms with Crippen LogP contribution in [0, 0.1) is 0 Å². The number of para-hydroxylation sites is 1. The van der Waals surface area contributed by atoms with E-state index >= 15 is 0 Å². The van der Waals surface area contributed by atoms with Crippen molar-refractivity contribution >= 4 is 11.6 Å². The third-order valence-electron chi connectivity index (χ3n) is 3.37. The molecule has 5 nitrogen and oxygen atoms in total. The molecule has 0 saturated carbocycles. The van der Waals surface area contributed by atoms with Crippen LogP contribution in [0.1, 0.15) is 29.0 Å². The van der Waals surface area contributed by atoms with E-state index in [1.54, 1.807) is 24.3 Å². The van der Waals surface area contributed by atoms with Crippen molar-refractivity contribution in [3.63, 3.8) is 0 Å². The highest BCUT2D eigenvalue weighted by Gasteiger charge is 2.26. The number of ether oxygens (including phenoxy) is 1. The van der Waals surface area contributed by atoms with Gasteiger partial charge in [0.2, 0.25) is 0 Å². The zero-order valence-electron chi connectivity index (χ0n) is 11.6. The Balaban J connectivity index is 1.95. The summed E-state index contributed by atoms with van der Waals surface area (Å²) in [6, 6.07) is 12.3. The second-order valence-corrected chi connectivity index (χ2v) is 4.75. The monoisotopic (exact) mass is 284 g/mol. The summed E-state index contributed by atoms with van der Waals surface area (Å²) < 4.78 is 5.44. The third-order valence-corrected chi connectivity index (χ3v) is 3.37. The molecule has 0 spiro atoms. The minimum Gasteiger partial charge on any atom is -0.508 e.